The van der Waals surface area contributed by atoms with Crippen molar-refractivity contribution in [2.24, 2.45) is 11.7 Å². The van der Waals surface area contributed by atoms with Crippen LogP contribution in [0.15, 0.2) is 128 Å². The summed E-state index contributed by atoms with van der Waals surface area (Å²) in [5, 5.41) is 15.3. The van der Waals surface area contributed by atoms with Crippen molar-refractivity contribution >= 4 is 53.0 Å². The summed E-state index contributed by atoms with van der Waals surface area (Å²) in [6.07, 6.45) is 7.27. The molecule has 3 aromatic carbocycles. The molecule has 0 fully saturated rings. The summed E-state index contributed by atoms with van der Waals surface area (Å²) in [4.78, 5) is 111. The smallest absolute Gasteiger partial charge is 0.410 e. The number of primary amides is 1. The number of rotatable bonds is 25. The molecule has 414 valence electrons. The van der Waals surface area contributed by atoms with Gasteiger partial charge in [0.25, 0.3) is 11.8 Å². The zero-order valence-electron chi connectivity index (χ0n) is 45.1. The highest BCUT2D eigenvalue weighted by Crippen LogP contribution is 2.32. The summed E-state index contributed by atoms with van der Waals surface area (Å²) >= 11 is 0. The van der Waals surface area contributed by atoms with E-state index in [4.69, 9.17) is 20.4 Å². The van der Waals surface area contributed by atoms with Crippen molar-refractivity contribution in [1.82, 2.24) is 55.3 Å². The number of unbranched alkanes of at least 4 members (excludes halogenated alkanes) is 2. The predicted molar refractivity (Wildman–Crippen MR) is 300 cm³/mol. The second-order valence-electron chi connectivity index (χ2n) is 19.9. The molecule has 0 radical (unpaired) electrons. The number of urea groups is 1. The Kier molecular flexibility index (Phi) is 18.9. The van der Waals surface area contributed by atoms with Crippen LogP contribution in [0.1, 0.15) is 80.6 Å². The monoisotopic (exact) mass is 1080 g/mol. The lowest BCUT2D eigenvalue weighted by Gasteiger charge is -2.25. The second kappa shape index (κ2) is 26.7. The number of fused-ring (bicyclic) bond motifs is 1. The third kappa shape index (κ3) is 14.9. The summed E-state index contributed by atoms with van der Waals surface area (Å²) in [5.41, 5.74) is 14.4. The zero-order chi connectivity index (χ0) is 56.7. The molecule has 7 N–H and O–H groups in total. The van der Waals surface area contributed by atoms with E-state index < -0.39 is 36.0 Å². The van der Waals surface area contributed by atoms with E-state index in [1.54, 1.807) is 47.5 Å². The minimum Gasteiger partial charge on any atom is -0.445 e. The molecule has 2 atom stereocenters. The molecule has 0 saturated carbocycles. The third-order valence-electron chi connectivity index (χ3n) is 13.5. The summed E-state index contributed by atoms with van der Waals surface area (Å²) in [7, 11) is 0. The number of amides is 8. The molecule has 1 aliphatic rings. The van der Waals surface area contributed by atoms with Crippen molar-refractivity contribution in [3.05, 3.63) is 156 Å². The molecule has 7 aromatic rings. The molecule has 0 aliphatic carbocycles. The number of nitrogens with zero attached hydrogens (tertiary/aromatic N) is 7. The highest BCUT2D eigenvalue weighted by Gasteiger charge is 2.30. The fourth-order valence-electron chi connectivity index (χ4n) is 9.34. The van der Waals surface area contributed by atoms with Crippen LogP contribution in [0.2, 0.25) is 0 Å². The number of aryl methyl sites for hydroxylation is 2. The number of nitrogens with one attached hydrogen (secondary N) is 5. The average Bonchev–Trinajstić information content (AvgIpc) is 4.23. The highest BCUT2D eigenvalue weighted by molar-refractivity contribution is 6.12. The number of imidazole rings is 1. The van der Waals surface area contributed by atoms with Gasteiger partial charge in [0.05, 0.1) is 30.2 Å². The van der Waals surface area contributed by atoms with Gasteiger partial charge in [0.1, 0.15) is 30.8 Å². The van der Waals surface area contributed by atoms with Crippen LogP contribution in [-0.2, 0) is 48.4 Å². The standard InChI is InChI=1S/C59H65N13O8/c1-37(2)53(69-49(73)21-9-6-10-31-71-50(74)28-29-51(71)75)57(77)66-46(20-13-30-61-58(60)78)56(76)65-44-25-22-40(23-26-44)35-80-59(79)70(32-42-18-11-14-38(3)52(42)41-16-7-5-8-17-41)34-47-67-54(43-24-27-48-62-36-63-72(48)33-43)55(68-47)45-19-12-15-39(4)64-45/h5,7-8,11-12,14-19,22-29,33,36-37,46,53H,6,9-10,13,20-21,30-32,34-35H2,1-4H3,(H,65,76)(H,66,77)(H,67,68)(H,69,73)(H3,60,61,78). The van der Waals surface area contributed by atoms with Gasteiger partial charge in [-0.2, -0.15) is 5.10 Å². The molecule has 5 heterocycles. The lowest BCUT2D eigenvalue weighted by atomic mass is 9.95. The average molecular weight is 1080 g/mol. The minimum atomic E-state index is -1.07. The molecule has 1 aliphatic heterocycles. The summed E-state index contributed by atoms with van der Waals surface area (Å²) in [6, 6.07) is 29.5. The van der Waals surface area contributed by atoms with Gasteiger partial charge in [-0.25, -0.2) is 24.1 Å². The van der Waals surface area contributed by atoms with Crippen molar-refractivity contribution < 1.29 is 38.3 Å². The largest absolute Gasteiger partial charge is 0.445 e. The van der Waals surface area contributed by atoms with Gasteiger partial charge in [-0.15, -0.1) is 0 Å². The normalized spacial score (nSPS) is 12.8. The maximum atomic E-state index is 14.5. The molecule has 4 aromatic heterocycles. The number of hydrogen-bond acceptors (Lipinski definition) is 12. The number of ether oxygens (including phenoxy) is 1. The minimum absolute atomic E-state index is 0.0318. The van der Waals surface area contributed by atoms with Gasteiger partial charge in [0.2, 0.25) is 17.7 Å². The van der Waals surface area contributed by atoms with E-state index in [1.165, 1.54) is 18.5 Å². The third-order valence-corrected chi connectivity index (χ3v) is 13.5. The molecule has 0 spiro atoms. The summed E-state index contributed by atoms with van der Waals surface area (Å²) in [5.74, 6) is -2.05. The Bertz CT molecular complexity index is 3370. The first-order valence-corrected chi connectivity index (χ1v) is 26.5. The number of H-pyrrole nitrogens is 1. The number of aromatic nitrogens is 6. The van der Waals surface area contributed by atoms with Crippen molar-refractivity contribution in [3.8, 4) is 33.8 Å². The van der Waals surface area contributed by atoms with Crippen LogP contribution in [0.5, 0.6) is 0 Å². The van der Waals surface area contributed by atoms with Crippen molar-refractivity contribution in [1.29, 1.82) is 0 Å². The molecular weight excluding hydrogens is 1020 g/mol. The Morgan fingerprint density at radius 1 is 0.775 bits per heavy atom. The van der Waals surface area contributed by atoms with Gasteiger partial charge in [0.15, 0.2) is 5.65 Å². The van der Waals surface area contributed by atoms with Crippen LogP contribution in [0.25, 0.3) is 39.4 Å². The van der Waals surface area contributed by atoms with E-state index in [0.717, 1.165) is 38.4 Å². The molecule has 80 heavy (non-hydrogen) atoms. The first-order valence-electron chi connectivity index (χ1n) is 26.5. The SMILES string of the molecule is Cc1cccc(-c2[nH]c(CN(Cc3cccc(C)c3-c3ccccc3)C(=O)OCc3ccc(NC(=O)C(CCCNC(N)=O)NC(=O)C(NC(=O)CCCCCN4C(=O)C=CC4=O)C(C)C)cc3)nc2-c2ccc3ncnn3c2)n1. The lowest BCUT2D eigenvalue weighted by Crippen LogP contribution is -2.54. The summed E-state index contributed by atoms with van der Waals surface area (Å²) < 4.78 is 7.73. The van der Waals surface area contributed by atoms with Crippen LogP contribution in [0, 0.1) is 19.8 Å². The highest BCUT2D eigenvalue weighted by atomic mass is 16.6. The number of aromatic amines is 1. The molecule has 0 bridgehead atoms. The van der Waals surface area contributed by atoms with Crippen molar-refractivity contribution in [3.63, 3.8) is 0 Å². The molecular formula is C59H65N13O8. The Morgan fingerprint density at radius 2 is 1.54 bits per heavy atom. The van der Waals surface area contributed by atoms with Crippen molar-refractivity contribution in [2.75, 3.05) is 18.4 Å². The Morgan fingerprint density at radius 3 is 2.27 bits per heavy atom. The molecule has 2 unspecified atom stereocenters. The molecule has 21 heteroatoms. The number of anilines is 1. The quantitative estimate of drug-likeness (QED) is 0.0243. The van der Waals surface area contributed by atoms with E-state index in [9.17, 15) is 33.6 Å². The van der Waals surface area contributed by atoms with Crippen LogP contribution in [-0.4, -0.2) is 106 Å². The lowest BCUT2D eigenvalue weighted by molar-refractivity contribution is -0.137. The van der Waals surface area contributed by atoms with Crippen LogP contribution >= 0.6 is 0 Å². The Labute approximate surface area is 462 Å². The zero-order valence-corrected chi connectivity index (χ0v) is 45.1. The molecule has 0 saturated heterocycles. The first-order chi connectivity index (χ1) is 38.6. The number of carbonyl (C=O) groups excluding carboxylic acids is 7. The van der Waals surface area contributed by atoms with E-state index >= 15 is 0 Å². The fraction of sp³-hybridized carbons (Fsp3) is 0.305. The number of carbonyl (C=O) groups is 7. The Hall–Kier alpha value is -9.53. The van der Waals surface area contributed by atoms with E-state index in [2.05, 4.69) is 36.3 Å². The molecule has 8 rings (SSSR count). The summed E-state index contributed by atoms with van der Waals surface area (Å²) in [6.45, 7) is 7.98. The number of hydrogen-bond donors (Lipinski definition) is 6. The second-order valence-corrected chi connectivity index (χ2v) is 19.9. The molecule has 21 nitrogen and oxygen atoms in total. The fourth-order valence-corrected chi connectivity index (χ4v) is 9.34. The molecule has 8 amide bonds. The van der Waals surface area contributed by atoms with Crippen LogP contribution in [0.4, 0.5) is 15.3 Å². The van der Waals surface area contributed by atoms with Gasteiger partial charge in [0, 0.05) is 54.8 Å². The van der Waals surface area contributed by atoms with Gasteiger partial charge >= 0.3 is 12.1 Å². The van der Waals surface area contributed by atoms with E-state index in [1.807, 2.05) is 98.9 Å². The number of imide groups is 1. The van der Waals surface area contributed by atoms with Gasteiger partial charge in [-0.05, 0) is 110 Å². The number of nitrogens with two attached hydrogens (primary N) is 1. The first kappa shape index (κ1) is 56.7. The van der Waals surface area contributed by atoms with Crippen LogP contribution < -0.4 is 27.0 Å². The Balaban J connectivity index is 0.949. The van der Waals surface area contributed by atoms with E-state index in [0.29, 0.717) is 59.1 Å². The van der Waals surface area contributed by atoms with Gasteiger partial charge in [-0.1, -0.05) is 87.0 Å². The van der Waals surface area contributed by atoms with Gasteiger partial charge in [-0.3, -0.25) is 38.8 Å². The topological polar surface area (TPSA) is 281 Å². The number of pyridine rings is 2. The number of benzene rings is 3. The maximum Gasteiger partial charge on any atom is 0.410 e. The maximum absolute atomic E-state index is 14.5. The van der Waals surface area contributed by atoms with Crippen molar-refractivity contribution in [2.45, 2.75) is 98.0 Å². The van der Waals surface area contributed by atoms with E-state index in [-0.39, 0.29) is 75.7 Å². The van der Waals surface area contributed by atoms with Crippen LogP contribution in [0.3, 0.4) is 0 Å². The van der Waals surface area contributed by atoms with Gasteiger partial charge < -0.3 is 36.7 Å². The predicted octanol–water partition coefficient (Wildman–Crippen LogP) is 7.30.